The molecular weight excluding hydrogens is 224 g/mol. The number of nitrogen functional groups attached to an aromatic ring is 1. The number of nitrogens with zero attached hydrogens (tertiary/aromatic N) is 1. The number of nitro benzene ring substituents is 1. The summed E-state index contributed by atoms with van der Waals surface area (Å²) in [4.78, 5) is 21.0. The fraction of sp³-hybridized carbons (Fsp3) is 0.125. The number of hydrogen-bond donors (Lipinski definition) is 1. The lowest BCUT2D eigenvalue weighted by Gasteiger charge is -2.04. The second kappa shape index (κ2) is 4.14. The molecule has 0 saturated carbocycles. The number of nitrogens with two attached hydrogens (primary N) is 1. The summed E-state index contributed by atoms with van der Waals surface area (Å²) in [6, 6.07) is 2.09. The normalized spacial score (nSPS) is 9.73. The largest absolute Gasteiger partial charge is 0.465 e. The zero-order valence-electron chi connectivity index (χ0n) is 7.69. The van der Waals surface area contributed by atoms with E-state index in [0.717, 1.165) is 19.2 Å². The van der Waals surface area contributed by atoms with E-state index in [2.05, 4.69) is 4.74 Å². The van der Waals surface area contributed by atoms with Gasteiger partial charge in [-0.3, -0.25) is 10.1 Å². The predicted molar refractivity (Wildman–Crippen MR) is 53.9 cm³/mol. The summed E-state index contributed by atoms with van der Waals surface area (Å²) < 4.78 is 4.41. The number of esters is 1. The van der Waals surface area contributed by atoms with Crippen LogP contribution in [0.3, 0.4) is 0 Å². The van der Waals surface area contributed by atoms with Crippen molar-refractivity contribution < 1.29 is 14.5 Å². The Bertz CT molecular complexity index is 433. The maximum absolute atomic E-state index is 11.2. The van der Waals surface area contributed by atoms with E-state index in [4.69, 9.17) is 17.3 Å². The molecule has 1 aromatic carbocycles. The summed E-state index contributed by atoms with van der Waals surface area (Å²) in [5, 5.41) is 10.4. The van der Waals surface area contributed by atoms with Crippen molar-refractivity contribution in [3.8, 4) is 0 Å². The smallest absolute Gasteiger partial charge is 0.340 e. The summed E-state index contributed by atoms with van der Waals surface area (Å²) in [5.41, 5.74) is 5.01. The van der Waals surface area contributed by atoms with Crippen molar-refractivity contribution in [2.24, 2.45) is 0 Å². The van der Waals surface area contributed by atoms with Crippen LogP contribution in [-0.2, 0) is 4.74 Å². The van der Waals surface area contributed by atoms with Gasteiger partial charge in [0.1, 0.15) is 0 Å². The Morgan fingerprint density at radius 2 is 2.20 bits per heavy atom. The van der Waals surface area contributed by atoms with Crippen molar-refractivity contribution in [2.75, 3.05) is 12.8 Å². The number of carbonyl (C=O) groups excluding carboxylic acids is 1. The standard InChI is InChI=1S/C8H7ClN2O4/c1-15-8(12)5-2-4(11(13)14)3-6(9)7(5)10/h2-3H,10H2,1H3. The molecule has 15 heavy (non-hydrogen) atoms. The topological polar surface area (TPSA) is 95.5 Å². The molecule has 80 valence electrons. The molecule has 2 N–H and O–H groups in total. The summed E-state index contributed by atoms with van der Waals surface area (Å²) in [7, 11) is 1.15. The van der Waals surface area contributed by atoms with Gasteiger partial charge in [0.15, 0.2) is 0 Å². The molecule has 0 bridgehead atoms. The molecule has 1 aromatic rings. The Morgan fingerprint density at radius 1 is 1.60 bits per heavy atom. The van der Waals surface area contributed by atoms with Gasteiger partial charge in [-0.1, -0.05) is 11.6 Å². The Hall–Kier alpha value is -1.82. The van der Waals surface area contributed by atoms with E-state index < -0.39 is 10.9 Å². The zero-order chi connectivity index (χ0) is 11.6. The third-order valence-electron chi connectivity index (χ3n) is 1.73. The molecule has 0 unspecified atom stereocenters. The molecule has 7 heteroatoms. The molecule has 0 aliphatic rings. The number of anilines is 1. The van der Waals surface area contributed by atoms with Gasteiger partial charge in [-0.15, -0.1) is 0 Å². The second-order valence-electron chi connectivity index (χ2n) is 2.64. The van der Waals surface area contributed by atoms with Crippen molar-refractivity contribution in [2.45, 2.75) is 0 Å². The molecule has 0 aliphatic heterocycles. The first-order valence-electron chi connectivity index (χ1n) is 3.79. The Morgan fingerprint density at radius 3 is 2.67 bits per heavy atom. The fourth-order valence-electron chi connectivity index (χ4n) is 0.988. The van der Waals surface area contributed by atoms with Gasteiger partial charge < -0.3 is 10.5 Å². The van der Waals surface area contributed by atoms with Gasteiger partial charge in [0.25, 0.3) is 5.69 Å². The van der Waals surface area contributed by atoms with Crippen molar-refractivity contribution in [1.82, 2.24) is 0 Å². The van der Waals surface area contributed by atoms with Gasteiger partial charge in [-0.2, -0.15) is 0 Å². The molecule has 0 atom stereocenters. The average molecular weight is 231 g/mol. The third-order valence-corrected chi connectivity index (χ3v) is 2.04. The van der Waals surface area contributed by atoms with Crippen LogP contribution in [0, 0.1) is 10.1 Å². The van der Waals surface area contributed by atoms with Crippen molar-refractivity contribution in [3.63, 3.8) is 0 Å². The SMILES string of the molecule is COC(=O)c1cc([N+](=O)[O-])cc(Cl)c1N. The number of benzene rings is 1. The lowest BCUT2D eigenvalue weighted by atomic mass is 10.1. The van der Waals surface area contributed by atoms with E-state index in [-0.39, 0.29) is 22.0 Å². The Labute approximate surface area is 89.7 Å². The van der Waals surface area contributed by atoms with Crippen LogP contribution in [0.4, 0.5) is 11.4 Å². The number of ether oxygens (including phenoxy) is 1. The van der Waals surface area contributed by atoms with Crippen molar-refractivity contribution in [3.05, 3.63) is 32.8 Å². The number of halogens is 1. The summed E-state index contributed by atoms with van der Waals surface area (Å²) >= 11 is 5.63. The van der Waals surface area contributed by atoms with Gasteiger partial charge in [0.2, 0.25) is 0 Å². The van der Waals surface area contributed by atoms with E-state index in [0.29, 0.717) is 0 Å². The van der Waals surface area contributed by atoms with E-state index in [1.807, 2.05) is 0 Å². The Kier molecular flexibility index (Phi) is 3.11. The highest BCUT2D eigenvalue weighted by Crippen LogP contribution is 2.29. The molecule has 0 aromatic heterocycles. The molecule has 0 radical (unpaired) electrons. The van der Waals surface area contributed by atoms with Gasteiger partial charge >= 0.3 is 5.97 Å². The number of nitro groups is 1. The minimum atomic E-state index is -0.766. The second-order valence-corrected chi connectivity index (χ2v) is 3.04. The maximum atomic E-state index is 11.2. The van der Waals surface area contributed by atoms with Crippen LogP contribution in [0.2, 0.25) is 5.02 Å². The lowest BCUT2D eigenvalue weighted by molar-refractivity contribution is -0.384. The summed E-state index contributed by atoms with van der Waals surface area (Å²) in [6.45, 7) is 0. The van der Waals surface area contributed by atoms with Crippen LogP contribution in [0.1, 0.15) is 10.4 Å². The number of rotatable bonds is 2. The fourth-order valence-corrected chi connectivity index (χ4v) is 1.20. The van der Waals surface area contributed by atoms with E-state index >= 15 is 0 Å². The van der Waals surface area contributed by atoms with Crippen LogP contribution in [0.25, 0.3) is 0 Å². The van der Waals surface area contributed by atoms with Gasteiger partial charge in [-0.25, -0.2) is 4.79 Å². The van der Waals surface area contributed by atoms with Gasteiger partial charge in [0.05, 0.1) is 28.3 Å². The lowest BCUT2D eigenvalue weighted by Crippen LogP contribution is -2.07. The zero-order valence-corrected chi connectivity index (χ0v) is 8.45. The summed E-state index contributed by atoms with van der Waals surface area (Å²) in [6.07, 6.45) is 0. The van der Waals surface area contributed by atoms with Crippen LogP contribution < -0.4 is 5.73 Å². The first-order chi connectivity index (χ1) is 6.97. The van der Waals surface area contributed by atoms with Crippen LogP contribution >= 0.6 is 11.6 Å². The molecule has 0 aliphatic carbocycles. The molecule has 1 rings (SSSR count). The number of hydrogen-bond acceptors (Lipinski definition) is 5. The number of carbonyl (C=O) groups is 1. The van der Waals surface area contributed by atoms with Gasteiger partial charge in [0, 0.05) is 12.1 Å². The van der Waals surface area contributed by atoms with Crippen LogP contribution in [0.5, 0.6) is 0 Å². The Balaban J connectivity index is 3.37. The number of non-ortho nitro benzene ring substituents is 1. The molecule has 0 saturated heterocycles. The molecule has 0 amide bonds. The molecule has 0 spiro atoms. The molecule has 0 heterocycles. The first kappa shape index (κ1) is 11.3. The highest BCUT2D eigenvalue weighted by molar-refractivity contribution is 6.34. The van der Waals surface area contributed by atoms with E-state index in [9.17, 15) is 14.9 Å². The van der Waals surface area contributed by atoms with Crippen molar-refractivity contribution in [1.29, 1.82) is 0 Å². The highest BCUT2D eigenvalue weighted by atomic mass is 35.5. The predicted octanol–water partition coefficient (Wildman–Crippen LogP) is 1.62. The first-order valence-corrected chi connectivity index (χ1v) is 4.17. The minimum Gasteiger partial charge on any atom is -0.465 e. The van der Waals surface area contributed by atoms with E-state index in [1.54, 1.807) is 0 Å². The molecule has 0 fully saturated rings. The highest BCUT2D eigenvalue weighted by Gasteiger charge is 2.18. The van der Waals surface area contributed by atoms with Crippen LogP contribution in [-0.4, -0.2) is 18.0 Å². The quantitative estimate of drug-likeness (QED) is 0.360. The van der Waals surface area contributed by atoms with Gasteiger partial charge in [-0.05, 0) is 0 Å². The molecule has 6 nitrogen and oxygen atoms in total. The van der Waals surface area contributed by atoms with Crippen molar-refractivity contribution >= 4 is 28.9 Å². The summed E-state index contributed by atoms with van der Waals surface area (Å²) in [5.74, 6) is -0.766. The number of methoxy groups -OCH3 is 1. The minimum absolute atomic E-state index is 0.0332. The maximum Gasteiger partial charge on any atom is 0.340 e. The molecular formula is C8H7ClN2O4. The average Bonchev–Trinajstić information content (AvgIpc) is 2.20. The van der Waals surface area contributed by atoms with Crippen LogP contribution in [0.15, 0.2) is 12.1 Å². The third kappa shape index (κ3) is 2.16. The monoisotopic (exact) mass is 230 g/mol. The van der Waals surface area contributed by atoms with E-state index in [1.165, 1.54) is 0 Å².